The van der Waals surface area contributed by atoms with Gasteiger partial charge >= 0.3 is 0 Å². The standard InChI is InChI=1S/C20H40N4O2.HI/c1-16(2)19(24-10-6-17(3)7-11-24)14-23-20(21-4)22-9-5-12-26-18-8-13-25-15-18;/h16-19H,5-15H2,1-4H3,(H2,21,22,23);1H. The van der Waals surface area contributed by atoms with Crippen LogP contribution in [0.15, 0.2) is 4.99 Å². The monoisotopic (exact) mass is 496 g/mol. The van der Waals surface area contributed by atoms with E-state index in [-0.39, 0.29) is 24.0 Å². The molecule has 27 heavy (non-hydrogen) atoms. The average Bonchev–Trinajstić information content (AvgIpc) is 3.14. The van der Waals surface area contributed by atoms with Crippen LogP contribution in [0.1, 0.15) is 46.5 Å². The summed E-state index contributed by atoms with van der Waals surface area (Å²) in [5.41, 5.74) is 0. The van der Waals surface area contributed by atoms with Gasteiger partial charge in [0.15, 0.2) is 5.96 Å². The maximum Gasteiger partial charge on any atom is 0.191 e. The fourth-order valence-corrected chi connectivity index (χ4v) is 3.74. The van der Waals surface area contributed by atoms with Crippen molar-refractivity contribution in [3.05, 3.63) is 0 Å². The molecule has 2 unspecified atom stereocenters. The van der Waals surface area contributed by atoms with Crippen LogP contribution in [-0.2, 0) is 9.47 Å². The van der Waals surface area contributed by atoms with Crippen LogP contribution < -0.4 is 10.6 Å². The van der Waals surface area contributed by atoms with E-state index in [0.29, 0.717) is 18.1 Å². The van der Waals surface area contributed by atoms with E-state index in [1.807, 2.05) is 7.05 Å². The average molecular weight is 496 g/mol. The van der Waals surface area contributed by atoms with Gasteiger partial charge in [0.2, 0.25) is 0 Å². The molecule has 2 aliphatic rings. The molecule has 2 saturated heterocycles. The second kappa shape index (κ2) is 14.0. The molecule has 0 amide bonds. The molecule has 0 spiro atoms. The van der Waals surface area contributed by atoms with Gasteiger partial charge in [-0.15, -0.1) is 24.0 Å². The minimum absolute atomic E-state index is 0. The highest BCUT2D eigenvalue weighted by Gasteiger charge is 2.25. The number of piperidine rings is 1. The Kier molecular flexibility index (Phi) is 12.9. The number of hydrogen-bond acceptors (Lipinski definition) is 4. The molecule has 2 heterocycles. The lowest BCUT2D eigenvalue weighted by molar-refractivity contribution is 0.0420. The molecule has 2 fully saturated rings. The zero-order valence-corrected chi connectivity index (χ0v) is 20.0. The maximum absolute atomic E-state index is 5.80. The first kappa shape index (κ1) is 24.9. The van der Waals surface area contributed by atoms with Crippen molar-refractivity contribution >= 4 is 29.9 Å². The second-order valence-corrected chi connectivity index (χ2v) is 8.12. The third kappa shape index (κ3) is 9.28. The van der Waals surface area contributed by atoms with Gasteiger partial charge in [-0.3, -0.25) is 9.89 Å². The van der Waals surface area contributed by atoms with Crippen molar-refractivity contribution in [2.24, 2.45) is 16.8 Å². The molecule has 0 aliphatic carbocycles. The maximum atomic E-state index is 5.80. The molecule has 0 saturated carbocycles. The van der Waals surface area contributed by atoms with Gasteiger partial charge in [-0.1, -0.05) is 20.8 Å². The fourth-order valence-electron chi connectivity index (χ4n) is 3.74. The van der Waals surface area contributed by atoms with Crippen molar-refractivity contribution in [1.82, 2.24) is 15.5 Å². The van der Waals surface area contributed by atoms with E-state index in [1.54, 1.807) is 0 Å². The van der Waals surface area contributed by atoms with Gasteiger partial charge in [0, 0.05) is 39.4 Å². The van der Waals surface area contributed by atoms with Crippen LogP contribution in [-0.4, -0.2) is 76.1 Å². The highest BCUT2D eigenvalue weighted by molar-refractivity contribution is 14.0. The summed E-state index contributed by atoms with van der Waals surface area (Å²) < 4.78 is 11.1. The van der Waals surface area contributed by atoms with Crippen LogP contribution in [0.5, 0.6) is 0 Å². The molecule has 7 heteroatoms. The first-order valence-electron chi connectivity index (χ1n) is 10.5. The van der Waals surface area contributed by atoms with Crippen molar-refractivity contribution in [2.75, 3.05) is 53.0 Å². The number of guanidine groups is 1. The third-order valence-electron chi connectivity index (χ3n) is 5.61. The Morgan fingerprint density at radius 1 is 1.22 bits per heavy atom. The lowest BCUT2D eigenvalue weighted by Gasteiger charge is -2.39. The summed E-state index contributed by atoms with van der Waals surface area (Å²) in [6.45, 7) is 13.7. The Labute approximate surface area is 183 Å². The van der Waals surface area contributed by atoms with E-state index < -0.39 is 0 Å². The van der Waals surface area contributed by atoms with Crippen LogP contribution in [0.3, 0.4) is 0 Å². The molecule has 2 aliphatic heterocycles. The summed E-state index contributed by atoms with van der Waals surface area (Å²) in [6, 6.07) is 0.562. The van der Waals surface area contributed by atoms with E-state index >= 15 is 0 Å². The Hall–Kier alpha value is -0.120. The summed E-state index contributed by atoms with van der Waals surface area (Å²) >= 11 is 0. The molecular weight excluding hydrogens is 455 g/mol. The number of nitrogens with one attached hydrogen (secondary N) is 2. The summed E-state index contributed by atoms with van der Waals surface area (Å²) in [5, 5.41) is 6.94. The van der Waals surface area contributed by atoms with Crippen molar-refractivity contribution in [1.29, 1.82) is 0 Å². The zero-order valence-electron chi connectivity index (χ0n) is 17.7. The zero-order chi connectivity index (χ0) is 18.8. The lowest BCUT2D eigenvalue weighted by atomic mass is 9.94. The number of aliphatic imine (C=N–C) groups is 1. The van der Waals surface area contributed by atoms with Gasteiger partial charge < -0.3 is 20.1 Å². The molecule has 0 bridgehead atoms. The molecule has 2 atom stereocenters. The van der Waals surface area contributed by atoms with Crippen molar-refractivity contribution < 1.29 is 9.47 Å². The predicted octanol–water partition coefficient (Wildman–Crippen LogP) is 2.72. The van der Waals surface area contributed by atoms with Crippen molar-refractivity contribution in [2.45, 2.75) is 58.6 Å². The van der Waals surface area contributed by atoms with E-state index in [0.717, 1.165) is 57.6 Å². The van der Waals surface area contributed by atoms with Gasteiger partial charge in [-0.05, 0) is 50.6 Å². The first-order valence-corrected chi connectivity index (χ1v) is 10.5. The van der Waals surface area contributed by atoms with Crippen molar-refractivity contribution in [3.63, 3.8) is 0 Å². The largest absolute Gasteiger partial charge is 0.379 e. The number of halogens is 1. The molecule has 160 valence electrons. The number of rotatable bonds is 9. The normalized spacial score (nSPS) is 23.3. The molecule has 0 aromatic heterocycles. The highest BCUT2D eigenvalue weighted by Crippen LogP contribution is 2.21. The van der Waals surface area contributed by atoms with Crippen LogP contribution in [0.4, 0.5) is 0 Å². The quantitative estimate of drug-likeness (QED) is 0.223. The SMILES string of the molecule is CN=C(NCCCOC1CCOC1)NCC(C(C)C)N1CCC(C)CC1.I. The summed E-state index contributed by atoms with van der Waals surface area (Å²) in [4.78, 5) is 7.02. The second-order valence-electron chi connectivity index (χ2n) is 8.12. The summed E-state index contributed by atoms with van der Waals surface area (Å²) in [7, 11) is 1.84. The van der Waals surface area contributed by atoms with E-state index in [1.165, 1.54) is 25.9 Å². The number of ether oxygens (including phenoxy) is 2. The fraction of sp³-hybridized carbons (Fsp3) is 0.950. The van der Waals surface area contributed by atoms with Gasteiger partial charge in [0.05, 0.1) is 12.7 Å². The number of likely N-dealkylation sites (tertiary alicyclic amines) is 1. The molecule has 0 aromatic rings. The molecular formula is C20H41IN4O2. The minimum atomic E-state index is 0. The van der Waals surface area contributed by atoms with Crippen LogP contribution in [0.25, 0.3) is 0 Å². The van der Waals surface area contributed by atoms with Crippen LogP contribution >= 0.6 is 24.0 Å². The Balaban J connectivity index is 0.00000364. The molecule has 6 nitrogen and oxygen atoms in total. The molecule has 2 N–H and O–H groups in total. The predicted molar refractivity (Wildman–Crippen MR) is 123 cm³/mol. The Bertz CT molecular complexity index is 409. The van der Waals surface area contributed by atoms with E-state index in [9.17, 15) is 0 Å². The Morgan fingerprint density at radius 2 is 1.96 bits per heavy atom. The van der Waals surface area contributed by atoms with E-state index in [4.69, 9.17) is 9.47 Å². The molecule has 2 rings (SSSR count). The lowest BCUT2D eigenvalue weighted by Crippen LogP contribution is -2.51. The topological polar surface area (TPSA) is 58.1 Å². The third-order valence-corrected chi connectivity index (χ3v) is 5.61. The number of hydrogen-bond donors (Lipinski definition) is 2. The first-order chi connectivity index (χ1) is 12.6. The smallest absolute Gasteiger partial charge is 0.191 e. The van der Waals surface area contributed by atoms with Crippen molar-refractivity contribution in [3.8, 4) is 0 Å². The minimum Gasteiger partial charge on any atom is -0.379 e. The summed E-state index contributed by atoms with van der Waals surface area (Å²) in [5.74, 6) is 2.40. The van der Waals surface area contributed by atoms with Gasteiger partial charge in [0.1, 0.15) is 0 Å². The molecule has 0 aromatic carbocycles. The van der Waals surface area contributed by atoms with Gasteiger partial charge in [-0.2, -0.15) is 0 Å². The van der Waals surface area contributed by atoms with Gasteiger partial charge in [0.25, 0.3) is 0 Å². The van der Waals surface area contributed by atoms with Crippen LogP contribution in [0, 0.1) is 11.8 Å². The Morgan fingerprint density at radius 3 is 2.56 bits per heavy atom. The number of nitrogens with zero attached hydrogens (tertiary/aromatic N) is 2. The van der Waals surface area contributed by atoms with Crippen LogP contribution in [0.2, 0.25) is 0 Å². The summed E-state index contributed by atoms with van der Waals surface area (Å²) in [6.07, 6.45) is 4.95. The van der Waals surface area contributed by atoms with E-state index in [2.05, 4.69) is 41.3 Å². The highest BCUT2D eigenvalue weighted by atomic mass is 127. The van der Waals surface area contributed by atoms with Gasteiger partial charge in [-0.25, -0.2) is 0 Å². The molecule has 0 radical (unpaired) electrons.